The molecule has 0 aromatic heterocycles. The highest BCUT2D eigenvalue weighted by Crippen LogP contribution is 2.11. The molecule has 0 unspecified atom stereocenters. The van der Waals surface area contributed by atoms with E-state index in [1.165, 1.54) is 0 Å². The van der Waals surface area contributed by atoms with Crippen LogP contribution >= 0.6 is 0 Å². The minimum Gasteiger partial charge on any atom is -1.00 e. The molecule has 92 valence electrons. The zero-order valence-electron chi connectivity index (χ0n) is 10.1. The molecular weight excluding hydrogens is 258 g/mol. The lowest BCUT2D eigenvalue weighted by Crippen LogP contribution is -3.00. The number of nitrogens with zero attached hydrogens (tertiary/aromatic N) is 1. The van der Waals surface area contributed by atoms with Gasteiger partial charge in [-0.25, -0.2) is 4.79 Å². The molecule has 0 amide bonds. The van der Waals surface area contributed by atoms with Gasteiger partial charge in [-0.05, 0) is 19.3 Å². The predicted octanol–water partition coefficient (Wildman–Crippen LogP) is -0.878. The van der Waals surface area contributed by atoms with Gasteiger partial charge in [-0.2, -0.15) is 0 Å². The molecule has 1 N–H and O–H groups in total. The summed E-state index contributed by atoms with van der Waals surface area (Å²) in [7, 11) is 0. The number of carboxylic acid groups (broad SMARTS) is 1. The molecule has 0 saturated heterocycles. The lowest BCUT2D eigenvalue weighted by atomic mass is 10.2. The summed E-state index contributed by atoms with van der Waals surface area (Å²) in [6.45, 7) is 9.64. The van der Waals surface area contributed by atoms with Crippen LogP contribution in [-0.2, 0) is 4.79 Å². The normalized spacial score (nSPS) is 10.9. The fourth-order valence-electron chi connectivity index (χ4n) is 2.28. The van der Waals surface area contributed by atoms with Crippen LogP contribution in [0.1, 0.15) is 40.0 Å². The van der Waals surface area contributed by atoms with Crippen LogP contribution in [0, 0.1) is 0 Å². The van der Waals surface area contributed by atoms with Crippen molar-refractivity contribution in [3.8, 4) is 0 Å². The van der Waals surface area contributed by atoms with Gasteiger partial charge in [0.05, 0.1) is 19.6 Å². The second-order valence-electron chi connectivity index (χ2n) is 4.06. The minimum absolute atomic E-state index is 0. The van der Waals surface area contributed by atoms with Crippen molar-refractivity contribution in [2.24, 2.45) is 0 Å². The molecule has 0 aromatic carbocycles. The minimum atomic E-state index is -0.666. The molecule has 3 nitrogen and oxygen atoms in total. The monoisotopic (exact) mass is 281 g/mol. The highest BCUT2D eigenvalue weighted by Gasteiger charge is 2.27. The Morgan fingerprint density at radius 1 is 1.00 bits per heavy atom. The molecule has 0 spiro atoms. The molecule has 0 radical (unpaired) electrons. The third kappa shape index (κ3) is 6.90. The highest BCUT2D eigenvalue weighted by atomic mass is 79.9. The average Bonchev–Trinajstić information content (AvgIpc) is 2.03. The van der Waals surface area contributed by atoms with Gasteiger partial charge in [0, 0.05) is 0 Å². The lowest BCUT2D eigenvalue weighted by molar-refractivity contribution is -0.921. The first kappa shape index (κ1) is 17.3. The number of hydrogen-bond acceptors (Lipinski definition) is 1. The van der Waals surface area contributed by atoms with Crippen LogP contribution in [-0.4, -0.2) is 41.7 Å². The van der Waals surface area contributed by atoms with Crippen LogP contribution in [0.3, 0.4) is 0 Å². The molecule has 0 aromatic rings. The first-order valence-corrected chi connectivity index (χ1v) is 5.67. The van der Waals surface area contributed by atoms with Gasteiger partial charge < -0.3 is 26.6 Å². The molecule has 0 bridgehead atoms. The van der Waals surface area contributed by atoms with Gasteiger partial charge in [0.15, 0.2) is 6.54 Å². The number of aliphatic carboxylic acids is 1. The Labute approximate surface area is 104 Å². The van der Waals surface area contributed by atoms with E-state index in [2.05, 4.69) is 20.8 Å². The van der Waals surface area contributed by atoms with Crippen LogP contribution in [0.4, 0.5) is 0 Å². The van der Waals surface area contributed by atoms with Crippen molar-refractivity contribution in [3.05, 3.63) is 0 Å². The summed E-state index contributed by atoms with van der Waals surface area (Å²) in [5.74, 6) is -0.666. The summed E-state index contributed by atoms with van der Waals surface area (Å²) in [5.41, 5.74) is 0. The molecule has 0 fully saturated rings. The van der Waals surface area contributed by atoms with Crippen LogP contribution in [0.25, 0.3) is 0 Å². The molecule has 0 atom stereocenters. The quantitative estimate of drug-likeness (QED) is 0.587. The van der Waals surface area contributed by atoms with Gasteiger partial charge in [-0.3, -0.25) is 0 Å². The number of quaternary nitrogens is 1. The second kappa shape index (κ2) is 9.16. The molecule has 0 aliphatic carbocycles. The standard InChI is InChI=1S/C11H23NO2.BrH/c1-4-7-12(8-5-2,9-6-3)10-11(13)14;/h4-10H2,1-3H3;1H. The topological polar surface area (TPSA) is 37.3 Å². The van der Waals surface area contributed by atoms with Gasteiger partial charge in [0.2, 0.25) is 0 Å². The first-order valence-electron chi connectivity index (χ1n) is 5.67. The zero-order valence-corrected chi connectivity index (χ0v) is 11.7. The van der Waals surface area contributed by atoms with Crippen molar-refractivity contribution in [3.63, 3.8) is 0 Å². The zero-order chi connectivity index (χ0) is 11.0. The van der Waals surface area contributed by atoms with E-state index in [0.717, 1.165) is 43.4 Å². The molecule has 0 aliphatic heterocycles. The van der Waals surface area contributed by atoms with E-state index in [0.29, 0.717) is 0 Å². The Kier molecular flexibility index (Phi) is 10.6. The fourth-order valence-corrected chi connectivity index (χ4v) is 2.28. The number of hydrogen-bond donors (Lipinski definition) is 1. The maximum Gasteiger partial charge on any atom is 0.359 e. The molecule has 0 heterocycles. The summed E-state index contributed by atoms with van der Waals surface area (Å²) in [6.07, 6.45) is 3.19. The molecule has 0 aliphatic rings. The smallest absolute Gasteiger partial charge is 0.359 e. The molecular formula is C11H24BrNO2. The van der Waals surface area contributed by atoms with Gasteiger partial charge in [-0.1, -0.05) is 20.8 Å². The van der Waals surface area contributed by atoms with Gasteiger partial charge >= 0.3 is 5.97 Å². The van der Waals surface area contributed by atoms with Crippen LogP contribution in [0.2, 0.25) is 0 Å². The number of rotatable bonds is 8. The summed E-state index contributed by atoms with van der Waals surface area (Å²) in [4.78, 5) is 10.8. The van der Waals surface area contributed by atoms with E-state index < -0.39 is 5.97 Å². The number of carboxylic acids is 1. The SMILES string of the molecule is CCC[N+](CCC)(CCC)CC(=O)O.[Br-]. The third-order valence-electron chi connectivity index (χ3n) is 2.56. The Morgan fingerprint density at radius 2 is 1.33 bits per heavy atom. The van der Waals surface area contributed by atoms with Crippen molar-refractivity contribution in [2.75, 3.05) is 26.2 Å². The van der Waals surface area contributed by atoms with E-state index in [1.54, 1.807) is 0 Å². The average molecular weight is 282 g/mol. The van der Waals surface area contributed by atoms with Gasteiger partial charge in [0.1, 0.15) is 0 Å². The maximum atomic E-state index is 10.8. The van der Waals surface area contributed by atoms with Crippen molar-refractivity contribution in [2.45, 2.75) is 40.0 Å². The third-order valence-corrected chi connectivity index (χ3v) is 2.56. The Hall–Kier alpha value is -0.0900. The predicted molar refractivity (Wildman–Crippen MR) is 58.2 cm³/mol. The van der Waals surface area contributed by atoms with Crippen molar-refractivity contribution >= 4 is 5.97 Å². The largest absolute Gasteiger partial charge is 1.00 e. The van der Waals surface area contributed by atoms with Crippen LogP contribution < -0.4 is 17.0 Å². The highest BCUT2D eigenvalue weighted by molar-refractivity contribution is 5.67. The second-order valence-corrected chi connectivity index (χ2v) is 4.06. The lowest BCUT2D eigenvalue weighted by Gasteiger charge is -2.36. The molecule has 0 rings (SSSR count). The number of carbonyl (C=O) groups is 1. The van der Waals surface area contributed by atoms with E-state index in [4.69, 9.17) is 5.11 Å². The van der Waals surface area contributed by atoms with E-state index in [-0.39, 0.29) is 23.5 Å². The van der Waals surface area contributed by atoms with Crippen molar-refractivity contribution in [1.29, 1.82) is 0 Å². The summed E-state index contributed by atoms with van der Waals surface area (Å²) in [6, 6.07) is 0. The molecule has 15 heavy (non-hydrogen) atoms. The van der Waals surface area contributed by atoms with E-state index in [9.17, 15) is 4.79 Å². The summed E-state index contributed by atoms with van der Waals surface area (Å²) >= 11 is 0. The Balaban J connectivity index is 0. The molecule has 4 heteroatoms. The maximum absolute atomic E-state index is 10.8. The van der Waals surface area contributed by atoms with Crippen LogP contribution in [0.5, 0.6) is 0 Å². The van der Waals surface area contributed by atoms with Crippen molar-refractivity contribution < 1.29 is 31.4 Å². The summed E-state index contributed by atoms with van der Waals surface area (Å²) in [5, 5.41) is 8.91. The van der Waals surface area contributed by atoms with E-state index in [1.807, 2.05) is 0 Å². The summed E-state index contributed by atoms with van der Waals surface area (Å²) < 4.78 is 0.763. The molecule has 0 saturated carbocycles. The fraction of sp³-hybridized carbons (Fsp3) is 0.909. The van der Waals surface area contributed by atoms with Crippen molar-refractivity contribution in [1.82, 2.24) is 0 Å². The first-order chi connectivity index (χ1) is 6.60. The van der Waals surface area contributed by atoms with Gasteiger partial charge in [-0.15, -0.1) is 0 Å². The number of halogens is 1. The van der Waals surface area contributed by atoms with Crippen LogP contribution in [0.15, 0.2) is 0 Å². The Morgan fingerprint density at radius 3 is 1.53 bits per heavy atom. The van der Waals surface area contributed by atoms with E-state index >= 15 is 0 Å². The Bertz CT molecular complexity index is 157. The van der Waals surface area contributed by atoms with Gasteiger partial charge in [0.25, 0.3) is 0 Å².